The first-order chi connectivity index (χ1) is 14.5. The van der Waals surface area contributed by atoms with E-state index in [1.807, 2.05) is 55.4 Å². The second kappa shape index (κ2) is 10.4. The summed E-state index contributed by atoms with van der Waals surface area (Å²) < 4.78 is 5.55. The number of rotatable bonds is 8. The van der Waals surface area contributed by atoms with Gasteiger partial charge in [-0.15, -0.1) is 0 Å². The van der Waals surface area contributed by atoms with Gasteiger partial charge >= 0.3 is 0 Å². The molecule has 30 heavy (non-hydrogen) atoms. The zero-order valence-electron chi connectivity index (χ0n) is 17.5. The molecule has 0 saturated carbocycles. The van der Waals surface area contributed by atoms with E-state index in [-0.39, 0.29) is 19.1 Å². The summed E-state index contributed by atoms with van der Waals surface area (Å²) in [5.74, 6) is -0.0791. The zero-order valence-corrected chi connectivity index (χ0v) is 17.5. The van der Waals surface area contributed by atoms with Crippen LogP contribution in [0.4, 0.5) is 5.69 Å². The molecule has 1 aliphatic carbocycles. The number of fused-ring (bicyclic) bond motifs is 1. The molecule has 0 heterocycles. The van der Waals surface area contributed by atoms with Crippen LogP contribution in [0.15, 0.2) is 47.6 Å². The van der Waals surface area contributed by atoms with Crippen LogP contribution in [-0.2, 0) is 22.4 Å². The summed E-state index contributed by atoms with van der Waals surface area (Å²) >= 11 is 0. The highest BCUT2D eigenvalue weighted by molar-refractivity contribution is 5.86. The molecule has 2 N–H and O–H groups in total. The van der Waals surface area contributed by atoms with Crippen LogP contribution in [0.1, 0.15) is 29.5 Å². The lowest BCUT2D eigenvalue weighted by molar-refractivity contribution is -0.127. The Hall–Kier alpha value is -3.35. The minimum atomic E-state index is -0.404. The van der Waals surface area contributed by atoms with E-state index >= 15 is 0 Å². The highest BCUT2D eigenvalue weighted by Gasteiger charge is 2.11. The van der Waals surface area contributed by atoms with Crippen LogP contribution in [0, 0.1) is 0 Å². The van der Waals surface area contributed by atoms with E-state index in [1.165, 1.54) is 24.0 Å². The Morgan fingerprint density at radius 3 is 2.50 bits per heavy atom. The third-order valence-electron chi connectivity index (χ3n) is 4.95. The number of ether oxygens (including phenoxy) is 1. The number of nitrogens with one attached hydrogen (secondary N) is 2. The quantitative estimate of drug-likeness (QED) is 0.519. The average molecular weight is 409 g/mol. The maximum absolute atomic E-state index is 11.9. The van der Waals surface area contributed by atoms with Gasteiger partial charge in [0.2, 0.25) is 0 Å². The van der Waals surface area contributed by atoms with Gasteiger partial charge in [-0.1, -0.05) is 18.2 Å². The van der Waals surface area contributed by atoms with Crippen molar-refractivity contribution < 1.29 is 14.3 Å². The number of hydrazone groups is 1. The fourth-order valence-corrected chi connectivity index (χ4v) is 3.26. The van der Waals surface area contributed by atoms with Gasteiger partial charge in [0.1, 0.15) is 5.75 Å². The number of anilines is 1. The van der Waals surface area contributed by atoms with Crippen molar-refractivity contribution in [1.82, 2.24) is 10.7 Å². The first kappa shape index (κ1) is 21.4. The minimum absolute atomic E-state index is 0.131. The van der Waals surface area contributed by atoms with Gasteiger partial charge in [-0.3, -0.25) is 9.59 Å². The number of amides is 2. The van der Waals surface area contributed by atoms with Crippen molar-refractivity contribution in [3.8, 4) is 5.75 Å². The smallest absolute Gasteiger partial charge is 0.259 e. The molecule has 0 fully saturated rings. The summed E-state index contributed by atoms with van der Waals surface area (Å²) in [6.45, 7) is -0.295. The summed E-state index contributed by atoms with van der Waals surface area (Å²) in [6.07, 6.45) is 6.13. The fourth-order valence-electron chi connectivity index (χ4n) is 3.26. The zero-order chi connectivity index (χ0) is 21.3. The molecule has 0 unspecified atom stereocenters. The molecule has 0 atom stereocenters. The van der Waals surface area contributed by atoms with Crippen LogP contribution in [0.2, 0.25) is 0 Å². The third kappa shape index (κ3) is 6.34. The molecular formula is C23H28N4O3. The van der Waals surface area contributed by atoms with Gasteiger partial charge in [0.15, 0.2) is 6.61 Å². The second-order valence-electron chi connectivity index (χ2n) is 7.48. The topological polar surface area (TPSA) is 83.0 Å². The average Bonchev–Trinajstić information content (AvgIpc) is 2.76. The molecule has 2 amide bonds. The van der Waals surface area contributed by atoms with Crippen LogP contribution in [0.3, 0.4) is 0 Å². The Balaban J connectivity index is 1.36. The predicted molar refractivity (Wildman–Crippen MR) is 118 cm³/mol. The fraction of sp³-hybridized carbons (Fsp3) is 0.348. The predicted octanol–water partition coefficient (Wildman–Crippen LogP) is 2.28. The van der Waals surface area contributed by atoms with Gasteiger partial charge in [-0.2, -0.15) is 5.10 Å². The maximum atomic E-state index is 11.9. The standard InChI is InChI=1S/C23H28N4O3/c1-27(2)20-10-7-17(8-11-20)14-25-26-22(28)15-24-23(29)16-30-21-12-9-18-5-3-4-6-19(18)13-21/h7-14H,3-6,15-16H2,1-2H3,(H,24,29)(H,26,28)/b25-14+. The van der Waals surface area contributed by atoms with Gasteiger partial charge in [0.25, 0.3) is 11.8 Å². The largest absolute Gasteiger partial charge is 0.484 e. The normalized spacial score (nSPS) is 12.9. The molecule has 0 radical (unpaired) electrons. The second-order valence-corrected chi connectivity index (χ2v) is 7.48. The summed E-state index contributed by atoms with van der Waals surface area (Å²) in [7, 11) is 3.94. The number of hydrogen-bond donors (Lipinski definition) is 2. The first-order valence-corrected chi connectivity index (χ1v) is 10.1. The van der Waals surface area contributed by atoms with Crippen molar-refractivity contribution in [2.45, 2.75) is 25.7 Å². The van der Waals surface area contributed by atoms with Crippen LogP contribution in [0.5, 0.6) is 5.75 Å². The molecule has 2 aromatic carbocycles. The lowest BCUT2D eigenvalue weighted by Crippen LogP contribution is -2.37. The van der Waals surface area contributed by atoms with Crippen molar-refractivity contribution in [1.29, 1.82) is 0 Å². The molecule has 158 valence electrons. The van der Waals surface area contributed by atoms with Crippen LogP contribution < -0.4 is 20.4 Å². The molecule has 7 nitrogen and oxygen atoms in total. The Kier molecular flexibility index (Phi) is 7.43. The van der Waals surface area contributed by atoms with Crippen molar-refractivity contribution in [3.63, 3.8) is 0 Å². The molecule has 0 saturated heterocycles. The number of benzene rings is 2. The monoisotopic (exact) mass is 408 g/mol. The number of hydrogen-bond acceptors (Lipinski definition) is 5. The van der Waals surface area contributed by atoms with E-state index in [2.05, 4.69) is 21.9 Å². The van der Waals surface area contributed by atoms with Gasteiger partial charge in [-0.05, 0) is 66.6 Å². The number of aryl methyl sites for hydroxylation is 2. The number of carbonyl (C=O) groups is 2. The molecular weight excluding hydrogens is 380 g/mol. The maximum Gasteiger partial charge on any atom is 0.259 e. The van der Waals surface area contributed by atoms with E-state index in [0.717, 1.165) is 24.1 Å². The molecule has 3 rings (SSSR count). The Morgan fingerprint density at radius 1 is 1.03 bits per heavy atom. The van der Waals surface area contributed by atoms with Gasteiger partial charge in [0.05, 0.1) is 12.8 Å². The van der Waals surface area contributed by atoms with E-state index in [9.17, 15) is 9.59 Å². The summed E-state index contributed by atoms with van der Waals surface area (Å²) in [4.78, 5) is 25.8. The summed E-state index contributed by atoms with van der Waals surface area (Å²) in [6, 6.07) is 13.7. The van der Waals surface area contributed by atoms with Gasteiger partial charge < -0.3 is 15.0 Å². The van der Waals surface area contributed by atoms with Crippen molar-refractivity contribution >= 4 is 23.7 Å². The highest BCUT2D eigenvalue weighted by Crippen LogP contribution is 2.25. The van der Waals surface area contributed by atoms with E-state index in [1.54, 1.807) is 6.21 Å². The lowest BCUT2D eigenvalue weighted by atomic mass is 9.92. The van der Waals surface area contributed by atoms with Crippen LogP contribution in [0.25, 0.3) is 0 Å². The van der Waals surface area contributed by atoms with Gasteiger partial charge in [0, 0.05) is 19.8 Å². The van der Waals surface area contributed by atoms with Gasteiger partial charge in [-0.25, -0.2) is 5.43 Å². The molecule has 0 aliphatic heterocycles. The van der Waals surface area contributed by atoms with Crippen LogP contribution >= 0.6 is 0 Å². The number of carbonyl (C=O) groups excluding carboxylic acids is 2. The Bertz CT molecular complexity index is 907. The van der Waals surface area contributed by atoms with E-state index in [0.29, 0.717) is 5.75 Å². The third-order valence-corrected chi connectivity index (χ3v) is 4.95. The van der Waals surface area contributed by atoms with Crippen molar-refractivity contribution in [2.75, 3.05) is 32.1 Å². The van der Waals surface area contributed by atoms with Crippen molar-refractivity contribution in [3.05, 3.63) is 59.2 Å². The minimum Gasteiger partial charge on any atom is -0.484 e. The molecule has 0 spiro atoms. The van der Waals surface area contributed by atoms with Crippen LogP contribution in [-0.4, -0.2) is 45.3 Å². The highest BCUT2D eigenvalue weighted by atomic mass is 16.5. The summed E-state index contributed by atoms with van der Waals surface area (Å²) in [5.41, 5.74) is 7.00. The molecule has 7 heteroatoms. The van der Waals surface area contributed by atoms with E-state index in [4.69, 9.17) is 4.74 Å². The molecule has 2 aromatic rings. The van der Waals surface area contributed by atoms with E-state index < -0.39 is 5.91 Å². The summed E-state index contributed by atoms with van der Waals surface area (Å²) in [5, 5.41) is 6.44. The number of nitrogens with zero attached hydrogens (tertiary/aromatic N) is 2. The lowest BCUT2D eigenvalue weighted by Gasteiger charge is -2.16. The SMILES string of the molecule is CN(C)c1ccc(/C=N/NC(=O)CNC(=O)COc2ccc3c(c2)CCCC3)cc1. The molecule has 1 aliphatic rings. The Morgan fingerprint density at radius 2 is 1.77 bits per heavy atom. The Labute approximate surface area is 177 Å². The van der Waals surface area contributed by atoms with Crippen molar-refractivity contribution in [2.24, 2.45) is 5.10 Å². The first-order valence-electron chi connectivity index (χ1n) is 10.1. The molecule has 0 bridgehead atoms. The molecule has 0 aromatic heterocycles.